The Balaban J connectivity index is 1.43. The van der Waals surface area contributed by atoms with Crippen LogP contribution in [0, 0.1) is 0 Å². The molecule has 3 heterocycles. The van der Waals surface area contributed by atoms with Crippen LogP contribution >= 0.6 is 27.3 Å². The number of halogens is 1. The third-order valence-electron chi connectivity index (χ3n) is 4.75. The van der Waals surface area contributed by atoms with E-state index < -0.39 is 5.63 Å². The van der Waals surface area contributed by atoms with Crippen LogP contribution in [0.1, 0.15) is 25.7 Å². The SMILES string of the molecule is O=C(CCC(=O)N1CCCC1)Nc1nc(-c2cc3cc(Br)ccc3oc2=O)cs1. The van der Waals surface area contributed by atoms with Crippen LogP contribution < -0.4 is 10.9 Å². The lowest BCUT2D eigenvalue weighted by molar-refractivity contribution is -0.131. The Bertz CT molecular complexity index is 1130. The van der Waals surface area contributed by atoms with Crippen LogP contribution in [0.2, 0.25) is 0 Å². The molecule has 1 saturated heterocycles. The van der Waals surface area contributed by atoms with Crippen molar-refractivity contribution in [2.45, 2.75) is 25.7 Å². The van der Waals surface area contributed by atoms with E-state index in [9.17, 15) is 14.4 Å². The van der Waals surface area contributed by atoms with Gasteiger partial charge in [-0.1, -0.05) is 15.9 Å². The molecule has 3 aromatic rings. The van der Waals surface area contributed by atoms with Gasteiger partial charge in [0.05, 0.1) is 11.3 Å². The Hall–Kier alpha value is -2.52. The monoisotopic (exact) mass is 475 g/mol. The van der Waals surface area contributed by atoms with E-state index in [2.05, 4.69) is 26.2 Å². The molecule has 1 aliphatic rings. The molecule has 0 aliphatic carbocycles. The lowest BCUT2D eigenvalue weighted by atomic mass is 10.1. The highest BCUT2D eigenvalue weighted by Gasteiger charge is 2.19. The third kappa shape index (κ3) is 4.56. The van der Waals surface area contributed by atoms with Crippen LogP contribution in [-0.2, 0) is 9.59 Å². The summed E-state index contributed by atoms with van der Waals surface area (Å²) in [5.41, 5.74) is 0.776. The van der Waals surface area contributed by atoms with Gasteiger partial charge in [-0.2, -0.15) is 0 Å². The van der Waals surface area contributed by atoms with Crippen molar-refractivity contribution in [1.29, 1.82) is 0 Å². The van der Waals surface area contributed by atoms with Crippen LogP contribution in [-0.4, -0.2) is 34.8 Å². The number of rotatable bonds is 5. The number of likely N-dealkylation sites (tertiary alicyclic amines) is 1. The number of hydrogen-bond donors (Lipinski definition) is 1. The fourth-order valence-corrected chi connectivity index (χ4v) is 4.36. The predicted octanol–water partition coefficient (Wildman–Crippen LogP) is 4.02. The van der Waals surface area contributed by atoms with Gasteiger partial charge in [0.2, 0.25) is 11.8 Å². The minimum atomic E-state index is -0.487. The second-order valence-electron chi connectivity index (χ2n) is 6.80. The standard InChI is InChI=1S/C20H18BrN3O4S/c21-13-3-4-16-12(9-13)10-14(19(27)28-16)15-11-29-20(22-15)23-17(25)5-6-18(26)24-7-1-2-8-24/h3-4,9-11H,1-2,5-8H2,(H,22,23,25). The first kappa shape index (κ1) is 19.8. The van der Waals surface area contributed by atoms with Gasteiger partial charge in [0.1, 0.15) is 5.58 Å². The number of hydrogen-bond acceptors (Lipinski definition) is 6. The average Bonchev–Trinajstić information content (AvgIpc) is 3.38. The summed E-state index contributed by atoms with van der Waals surface area (Å²) in [6, 6.07) is 7.10. The average molecular weight is 476 g/mol. The molecule has 1 N–H and O–H groups in total. The highest BCUT2D eigenvalue weighted by atomic mass is 79.9. The van der Waals surface area contributed by atoms with Crippen molar-refractivity contribution in [2.24, 2.45) is 0 Å². The molecule has 2 aromatic heterocycles. The molecule has 2 amide bonds. The van der Waals surface area contributed by atoms with Crippen molar-refractivity contribution in [2.75, 3.05) is 18.4 Å². The Morgan fingerprint density at radius 2 is 2.00 bits per heavy atom. The number of carbonyl (C=O) groups excluding carboxylic acids is 2. The summed E-state index contributed by atoms with van der Waals surface area (Å²) >= 11 is 4.62. The third-order valence-corrected chi connectivity index (χ3v) is 6.00. The summed E-state index contributed by atoms with van der Waals surface area (Å²) in [6.07, 6.45) is 2.35. The van der Waals surface area contributed by atoms with Gasteiger partial charge in [-0.05, 0) is 37.1 Å². The fraction of sp³-hybridized carbons (Fsp3) is 0.300. The van der Waals surface area contributed by atoms with Crippen molar-refractivity contribution in [3.8, 4) is 11.3 Å². The smallest absolute Gasteiger partial charge is 0.345 e. The molecule has 150 valence electrons. The Kier molecular flexibility index (Phi) is 5.77. The van der Waals surface area contributed by atoms with Crippen LogP contribution in [0.3, 0.4) is 0 Å². The van der Waals surface area contributed by atoms with E-state index in [4.69, 9.17) is 4.42 Å². The Morgan fingerprint density at radius 3 is 2.79 bits per heavy atom. The molecule has 29 heavy (non-hydrogen) atoms. The van der Waals surface area contributed by atoms with Crippen LogP contribution in [0.5, 0.6) is 0 Å². The zero-order chi connectivity index (χ0) is 20.4. The molecule has 7 nitrogen and oxygen atoms in total. The number of amides is 2. The van der Waals surface area contributed by atoms with Crippen molar-refractivity contribution in [3.05, 3.63) is 44.5 Å². The second kappa shape index (κ2) is 8.46. The number of thiazole rings is 1. The molecule has 0 atom stereocenters. The normalized spacial score (nSPS) is 13.8. The summed E-state index contributed by atoms with van der Waals surface area (Å²) in [5, 5.41) is 5.55. The minimum Gasteiger partial charge on any atom is -0.422 e. The van der Waals surface area contributed by atoms with Crippen molar-refractivity contribution in [1.82, 2.24) is 9.88 Å². The molecular formula is C20H18BrN3O4S. The molecule has 1 fully saturated rings. The molecule has 9 heteroatoms. The van der Waals surface area contributed by atoms with E-state index in [-0.39, 0.29) is 24.7 Å². The van der Waals surface area contributed by atoms with Crippen molar-refractivity contribution in [3.63, 3.8) is 0 Å². The van der Waals surface area contributed by atoms with Gasteiger partial charge in [-0.15, -0.1) is 11.3 Å². The summed E-state index contributed by atoms with van der Waals surface area (Å²) in [6.45, 7) is 1.56. The van der Waals surface area contributed by atoms with E-state index in [0.29, 0.717) is 22.0 Å². The Labute approximate surface area is 178 Å². The molecule has 1 aromatic carbocycles. The van der Waals surface area contributed by atoms with Crippen molar-refractivity contribution >= 4 is 55.2 Å². The zero-order valence-corrected chi connectivity index (χ0v) is 17.8. The first-order valence-electron chi connectivity index (χ1n) is 9.26. The molecule has 0 unspecified atom stereocenters. The van der Waals surface area contributed by atoms with Gasteiger partial charge in [0.25, 0.3) is 0 Å². The van der Waals surface area contributed by atoms with Crippen LogP contribution in [0.25, 0.3) is 22.2 Å². The van der Waals surface area contributed by atoms with Gasteiger partial charge < -0.3 is 14.6 Å². The van der Waals surface area contributed by atoms with Gasteiger partial charge in [0.15, 0.2) is 5.13 Å². The largest absolute Gasteiger partial charge is 0.422 e. The van der Waals surface area contributed by atoms with Crippen molar-refractivity contribution < 1.29 is 14.0 Å². The fourth-order valence-electron chi connectivity index (χ4n) is 3.25. The Morgan fingerprint density at radius 1 is 1.21 bits per heavy atom. The van der Waals surface area contributed by atoms with Gasteiger partial charge in [-0.3, -0.25) is 9.59 Å². The molecular weight excluding hydrogens is 458 g/mol. The lowest BCUT2D eigenvalue weighted by Gasteiger charge is -2.14. The summed E-state index contributed by atoms with van der Waals surface area (Å²) < 4.78 is 6.24. The highest BCUT2D eigenvalue weighted by molar-refractivity contribution is 9.10. The van der Waals surface area contributed by atoms with Crippen LogP contribution in [0.4, 0.5) is 5.13 Å². The summed E-state index contributed by atoms with van der Waals surface area (Å²) in [5.74, 6) is -0.259. The van der Waals surface area contributed by atoms with E-state index in [1.54, 1.807) is 28.5 Å². The maximum absolute atomic E-state index is 12.3. The van der Waals surface area contributed by atoms with Gasteiger partial charge >= 0.3 is 5.63 Å². The number of carbonyl (C=O) groups is 2. The van der Waals surface area contributed by atoms with E-state index in [1.807, 2.05) is 6.07 Å². The molecule has 0 bridgehead atoms. The number of aromatic nitrogens is 1. The maximum atomic E-state index is 12.3. The quantitative estimate of drug-likeness (QED) is 0.562. The topological polar surface area (TPSA) is 92.5 Å². The van der Waals surface area contributed by atoms with E-state index >= 15 is 0 Å². The first-order chi connectivity index (χ1) is 14.0. The number of nitrogens with zero attached hydrogens (tertiary/aromatic N) is 2. The molecule has 0 radical (unpaired) electrons. The second-order valence-corrected chi connectivity index (χ2v) is 8.58. The summed E-state index contributed by atoms with van der Waals surface area (Å²) in [4.78, 5) is 42.6. The first-order valence-corrected chi connectivity index (χ1v) is 10.9. The number of nitrogens with one attached hydrogen (secondary N) is 1. The number of benzene rings is 1. The molecule has 4 rings (SSSR count). The molecule has 1 aliphatic heterocycles. The zero-order valence-electron chi connectivity index (χ0n) is 15.4. The van der Waals surface area contributed by atoms with Crippen LogP contribution in [0.15, 0.2) is 43.3 Å². The number of anilines is 1. The lowest BCUT2D eigenvalue weighted by Crippen LogP contribution is -2.28. The van der Waals surface area contributed by atoms with E-state index in [1.165, 1.54) is 11.3 Å². The maximum Gasteiger partial charge on any atom is 0.345 e. The minimum absolute atomic E-state index is 0.0115. The predicted molar refractivity (Wildman–Crippen MR) is 115 cm³/mol. The van der Waals surface area contributed by atoms with Gasteiger partial charge in [0, 0.05) is 41.2 Å². The number of fused-ring (bicyclic) bond motifs is 1. The summed E-state index contributed by atoms with van der Waals surface area (Å²) in [7, 11) is 0. The van der Waals surface area contributed by atoms with E-state index in [0.717, 1.165) is 35.8 Å². The highest BCUT2D eigenvalue weighted by Crippen LogP contribution is 2.26. The molecule has 0 saturated carbocycles. The molecule has 0 spiro atoms. The van der Waals surface area contributed by atoms with Gasteiger partial charge in [-0.25, -0.2) is 9.78 Å².